The van der Waals surface area contributed by atoms with Crippen LogP contribution in [-0.2, 0) is 5.41 Å². The van der Waals surface area contributed by atoms with E-state index in [0.717, 1.165) is 16.8 Å². The summed E-state index contributed by atoms with van der Waals surface area (Å²) in [7, 11) is 1.81. The van der Waals surface area contributed by atoms with E-state index in [9.17, 15) is 0 Å². The van der Waals surface area contributed by atoms with Crippen molar-refractivity contribution in [2.45, 2.75) is 31.7 Å². The van der Waals surface area contributed by atoms with E-state index in [1.54, 1.807) is 11.8 Å². The third-order valence-electron chi connectivity index (χ3n) is 4.30. The number of benzene rings is 2. The van der Waals surface area contributed by atoms with Crippen LogP contribution in [0.5, 0.6) is 0 Å². The Morgan fingerprint density at radius 3 is 2.00 bits per heavy atom. The molecule has 0 aliphatic carbocycles. The van der Waals surface area contributed by atoms with Crippen molar-refractivity contribution in [1.82, 2.24) is 4.90 Å². The second-order valence-electron chi connectivity index (χ2n) is 5.43. The average molecular weight is 280 g/mol. The molecule has 0 N–H and O–H groups in total. The molecule has 108 valence electrons. The Balaban J connectivity index is 2.46. The van der Waals surface area contributed by atoms with Crippen LogP contribution in [0.3, 0.4) is 0 Å². The smallest absolute Gasteiger partial charge is 0.0616 e. The molecule has 1 fully saturated rings. The molecule has 2 aromatic carbocycles. The number of rotatable bonds is 2. The minimum absolute atomic E-state index is 0.822. The zero-order chi connectivity index (χ0) is 17.6. The number of hydrogen-bond donors (Lipinski definition) is 0. The molecule has 0 amide bonds. The molecule has 0 radical (unpaired) electrons. The second kappa shape index (κ2) is 5.40. The van der Waals surface area contributed by atoms with Crippen LogP contribution in [0.4, 0.5) is 0 Å². The molecule has 1 heteroatoms. The SMILES string of the molecule is [2H]C1(C)N(C)C(=CC)C(c2ccccc2)(c2ccccc2)C1([2H])[2H]. The minimum Gasteiger partial charge on any atom is -0.374 e. The molecule has 0 spiro atoms. The molecular formula is C20H23N. The molecule has 3 rings (SSSR count). The number of likely N-dealkylation sites (N-methyl/N-ethyl adjacent to an activating group) is 1. The molecule has 1 atom stereocenters. The molecule has 1 saturated heterocycles. The number of nitrogens with zero attached hydrogens (tertiary/aromatic N) is 1. The van der Waals surface area contributed by atoms with Crippen LogP contribution in [0.25, 0.3) is 0 Å². The lowest BCUT2D eigenvalue weighted by molar-refractivity contribution is 0.375. The second-order valence-corrected chi connectivity index (χ2v) is 5.43. The topological polar surface area (TPSA) is 3.24 Å². The number of hydrogen-bond acceptors (Lipinski definition) is 1. The van der Waals surface area contributed by atoms with Gasteiger partial charge in [-0.3, -0.25) is 0 Å². The lowest BCUT2D eigenvalue weighted by Crippen LogP contribution is -2.29. The van der Waals surface area contributed by atoms with Gasteiger partial charge in [-0.2, -0.15) is 0 Å². The van der Waals surface area contributed by atoms with Gasteiger partial charge in [0.05, 0.1) is 6.79 Å². The summed E-state index contributed by atoms with van der Waals surface area (Å²) in [4.78, 5) is 1.77. The van der Waals surface area contributed by atoms with Crippen LogP contribution in [0, 0.1) is 0 Å². The lowest BCUT2D eigenvalue weighted by Gasteiger charge is -2.33. The average Bonchev–Trinajstić information content (AvgIpc) is 2.71. The van der Waals surface area contributed by atoms with Crippen LogP contribution < -0.4 is 0 Å². The van der Waals surface area contributed by atoms with Crippen molar-refractivity contribution in [3.63, 3.8) is 0 Å². The fourth-order valence-electron chi connectivity index (χ4n) is 3.24. The van der Waals surface area contributed by atoms with Gasteiger partial charge in [0.1, 0.15) is 0 Å². The van der Waals surface area contributed by atoms with Gasteiger partial charge in [0, 0.05) is 21.5 Å². The molecule has 0 aromatic heterocycles. The monoisotopic (exact) mass is 280 g/mol. The Bertz CT molecular complexity index is 711. The number of likely N-dealkylation sites (tertiary alicyclic amines) is 1. The van der Waals surface area contributed by atoms with Gasteiger partial charge in [0.25, 0.3) is 0 Å². The molecule has 1 aliphatic rings. The van der Waals surface area contributed by atoms with E-state index in [0.29, 0.717) is 0 Å². The highest BCUT2D eigenvalue weighted by Crippen LogP contribution is 2.49. The van der Waals surface area contributed by atoms with Gasteiger partial charge in [-0.05, 0) is 31.3 Å². The molecule has 1 aliphatic heterocycles. The van der Waals surface area contributed by atoms with Crippen molar-refractivity contribution in [3.8, 4) is 0 Å². The predicted molar refractivity (Wildman–Crippen MR) is 89.3 cm³/mol. The summed E-state index contributed by atoms with van der Waals surface area (Å²) in [6.45, 7) is 3.58. The predicted octanol–water partition coefficient (Wildman–Crippen LogP) is 4.60. The quantitative estimate of drug-likeness (QED) is 0.777. The van der Waals surface area contributed by atoms with Crippen molar-refractivity contribution in [2.75, 3.05) is 7.05 Å². The first-order valence-corrected chi connectivity index (χ1v) is 7.33. The van der Waals surface area contributed by atoms with Crippen LogP contribution in [0.1, 0.15) is 35.5 Å². The standard InChI is InChI=1S/C20H23N/c1-4-19-20(15-16(2)21(19)3,17-11-7-5-8-12-17)18-13-9-6-10-14-18/h4-14,16H,15H2,1-3H3/i15D2,16D. The first-order chi connectivity index (χ1) is 11.3. The number of allylic oxidation sites excluding steroid dienone is 2. The molecular weight excluding hydrogens is 254 g/mol. The minimum atomic E-state index is -1.82. The lowest BCUT2D eigenvalue weighted by atomic mass is 9.71. The Kier molecular flexibility index (Phi) is 2.74. The maximum absolute atomic E-state index is 9.03. The highest BCUT2D eigenvalue weighted by Gasteiger charge is 2.47. The fourth-order valence-corrected chi connectivity index (χ4v) is 3.24. The van der Waals surface area contributed by atoms with Crippen molar-refractivity contribution >= 4 is 0 Å². The molecule has 1 unspecified atom stereocenters. The van der Waals surface area contributed by atoms with Crippen LogP contribution in [0.15, 0.2) is 72.4 Å². The summed E-state index contributed by atoms with van der Waals surface area (Å²) < 4.78 is 26.9. The van der Waals surface area contributed by atoms with Crippen LogP contribution in [0.2, 0.25) is 0 Å². The first-order valence-electron chi connectivity index (χ1n) is 8.83. The Labute approximate surface area is 132 Å². The van der Waals surface area contributed by atoms with Gasteiger partial charge in [0.15, 0.2) is 0 Å². The van der Waals surface area contributed by atoms with Gasteiger partial charge in [-0.1, -0.05) is 66.7 Å². The summed E-state index contributed by atoms with van der Waals surface area (Å²) in [6, 6.07) is 18.1. The van der Waals surface area contributed by atoms with Gasteiger partial charge in [-0.15, -0.1) is 0 Å². The first kappa shape index (κ1) is 10.7. The van der Waals surface area contributed by atoms with Gasteiger partial charge in [-0.25, -0.2) is 0 Å². The van der Waals surface area contributed by atoms with E-state index in [-0.39, 0.29) is 0 Å². The molecule has 0 bridgehead atoms. The normalized spacial score (nSPS) is 30.7. The van der Waals surface area contributed by atoms with Crippen molar-refractivity contribution in [2.24, 2.45) is 0 Å². The molecule has 1 nitrogen and oxygen atoms in total. The van der Waals surface area contributed by atoms with E-state index in [1.165, 1.54) is 0 Å². The van der Waals surface area contributed by atoms with Gasteiger partial charge >= 0.3 is 0 Å². The van der Waals surface area contributed by atoms with Crippen molar-refractivity contribution < 1.29 is 4.11 Å². The summed E-state index contributed by atoms with van der Waals surface area (Å²) >= 11 is 0. The summed E-state index contributed by atoms with van der Waals surface area (Å²) in [6.07, 6.45) is 0.122. The zero-order valence-corrected chi connectivity index (χ0v) is 12.8. The molecule has 21 heavy (non-hydrogen) atoms. The summed E-state index contributed by atoms with van der Waals surface area (Å²) in [5, 5.41) is 0. The Hall–Kier alpha value is -2.02. The molecule has 2 aromatic rings. The Morgan fingerprint density at radius 2 is 1.57 bits per heavy atom. The Morgan fingerprint density at radius 1 is 1.10 bits per heavy atom. The summed E-state index contributed by atoms with van der Waals surface area (Å²) in [5.41, 5.74) is 1.55. The third-order valence-corrected chi connectivity index (χ3v) is 4.30. The van der Waals surface area contributed by atoms with E-state index < -0.39 is 17.8 Å². The van der Waals surface area contributed by atoms with Gasteiger partial charge in [0.2, 0.25) is 0 Å². The largest absolute Gasteiger partial charge is 0.374 e. The van der Waals surface area contributed by atoms with Crippen LogP contribution in [-0.4, -0.2) is 18.0 Å². The van der Waals surface area contributed by atoms with E-state index in [1.807, 2.05) is 80.7 Å². The van der Waals surface area contributed by atoms with Crippen molar-refractivity contribution in [1.29, 1.82) is 0 Å². The van der Waals surface area contributed by atoms with Gasteiger partial charge < -0.3 is 4.90 Å². The van der Waals surface area contributed by atoms with Crippen LogP contribution >= 0.6 is 0 Å². The highest BCUT2D eigenvalue weighted by molar-refractivity contribution is 5.50. The maximum atomic E-state index is 9.03. The zero-order valence-electron chi connectivity index (χ0n) is 15.8. The maximum Gasteiger partial charge on any atom is 0.0616 e. The molecule has 1 heterocycles. The fraction of sp³-hybridized carbons (Fsp3) is 0.300. The summed E-state index contributed by atoms with van der Waals surface area (Å²) in [5.74, 6) is 0. The van der Waals surface area contributed by atoms with E-state index in [2.05, 4.69) is 0 Å². The molecule has 0 saturated carbocycles. The van der Waals surface area contributed by atoms with E-state index in [4.69, 9.17) is 4.11 Å². The third kappa shape index (κ3) is 2.08. The highest BCUT2D eigenvalue weighted by atomic mass is 15.2. The van der Waals surface area contributed by atoms with E-state index >= 15 is 0 Å². The van der Waals surface area contributed by atoms with Crippen molar-refractivity contribution in [3.05, 3.63) is 83.6 Å².